The van der Waals surface area contributed by atoms with Gasteiger partial charge in [0.15, 0.2) is 5.11 Å². The summed E-state index contributed by atoms with van der Waals surface area (Å²) in [7, 11) is 0. The standard InChI is InChI=1S/C18H27N3OS/c23-18(19-16-6-2-1-3-7-16)21-10-5-4-8-17(21)9-11-20-12-14-22-15-13-20/h1-3,6-7,17H,4-5,8-15H2,(H,19,23)/t17-/m0/s1. The number of nitrogens with one attached hydrogen (secondary N) is 1. The van der Waals surface area contributed by atoms with Crippen LogP contribution in [0.15, 0.2) is 30.3 Å². The van der Waals surface area contributed by atoms with E-state index in [4.69, 9.17) is 17.0 Å². The van der Waals surface area contributed by atoms with Crippen LogP contribution in [0, 0.1) is 0 Å². The van der Waals surface area contributed by atoms with Crippen LogP contribution in [0.1, 0.15) is 25.7 Å². The molecule has 3 rings (SSSR count). The second-order valence-corrected chi connectivity index (χ2v) is 6.77. The summed E-state index contributed by atoms with van der Waals surface area (Å²) in [5.74, 6) is 0. The third kappa shape index (κ3) is 4.90. The number of thiocarbonyl (C=S) groups is 1. The fourth-order valence-corrected chi connectivity index (χ4v) is 3.80. The fraction of sp³-hybridized carbons (Fsp3) is 0.611. The molecule has 2 heterocycles. The monoisotopic (exact) mass is 333 g/mol. The zero-order chi connectivity index (χ0) is 15.9. The summed E-state index contributed by atoms with van der Waals surface area (Å²) < 4.78 is 5.43. The minimum atomic E-state index is 0.565. The Morgan fingerprint density at radius 3 is 2.70 bits per heavy atom. The summed E-state index contributed by atoms with van der Waals surface area (Å²) in [4.78, 5) is 4.93. The van der Waals surface area contributed by atoms with Crippen LogP contribution < -0.4 is 5.32 Å². The van der Waals surface area contributed by atoms with Gasteiger partial charge in [-0.25, -0.2) is 0 Å². The quantitative estimate of drug-likeness (QED) is 0.855. The van der Waals surface area contributed by atoms with Crippen LogP contribution >= 0.6 is 12.2 Å². The number of likely N-dealkylation sites (tertiary alicyclic amines) is 1. The van der Waals surface area contributed by atoms with Crippen LogP contribution in [-0.2, 0) is 4.74 Å². The first-order chi connectivity index (χ1) is 11.3. The van der Waals surface area contributed by atoms with E-state index in [2.05, 4.69) is 27.2 Å². The molecule has 2 saturated heterocycles. The summed E-state index contributed by atoms with van der Waals surface area (Å²) in [6.45, 7) is 6.12. The Hall–Kier alpha value is -1.17. The Bertz CT molecular complexity index is 490. The topological polar surface area (TPSA) is 27.7 Å². The second kappa shape index (κ2) is 8.62. The van der Waals surface area contributed by atoms with E-state index in [-0.39, 0.29) is 0 Å². The van der Waals surface area contributed by atoms with Gasteiger partial charge >= 0.3 is 0 Å². The molecular formula is C18H27N3OS. The Morgan fingerprint density at radius 2 is 1.91 bits per heavy atom. The molecule has 1 atom stereocenters. The van der Waals surface area contributed by atoms with E-state index in [0.29, 0.717) is 6.04 Å². The van der Waals surface area contributed by atoms with Crippen LogP contribution in [0.5, 0.6) is 0 Å². The average molecular weight is 334 g/mol. The van der Waals surface area contributed by atoms with Crippen LogP contribution in [0.2, 0.25) is 0 Å². The lowest BCUT2D eigenvalue weighted by Gasteiger charge is -2.39. The van der Waals surface area contributed by atoms with Crippen molar-refractivity contribution in [2.75, 3.05) is 44.7 Å². The van der Waals surface area contributed by atoms with E-state index < -0.39 is 0 Å². The molecule has 126 valence electrons. The molecule has 5 heteroatoms. The van der Waals surface area contributed by atoms with Gasteiger partial charge in [-0.15, -0.1) is 0 Å². The number of morpholine rings is 1. The highest BCUT2D eigenvalue weighted by atomic mass is 32.1. The van der Waals surface area contributed by atoms with Crippen molar-refractivity contribution in [3.05, 3.63) is 30.3 Å². The maximum Gasteiger partial charge on any atom is 0.173 e. The third-order valence-electron chi connectivity index (χ3n) is 4.80. The van der Waals surface area contributed by atoms with Gasteiger partial charge in [0.25, 0.3) is 0 Å². The van der Waals surface area contributed by atoms with Gasteiger partial charge < -0.3 is 15.0 Å². The minimum Gasteiger partial charge on any atom is -0.379 e. The number of hydrogen-bond donors (Lipinski definition) is 1. The van der Waals surface area contributed by atoms with Gasteiger partial charge in [0.2, 0.25) is 0 Å². The summed E-state index contributed by atoms with van der Waals surface area (Å²) in [6, 6.07) is 10.8. The number of benzene rings is 1. The number of piperidine rings is 1. The average Bonchev–Trinajstić information content (AvgIpc) is 2.62. The molecule has 0 aromatic heterocycles. The number of rotatable bonds is 4. The predicted molar refractivity (Wildman–Crippen MR) is 98.9 cm³/mol. The lowest BCUT2D eigenvalue weighted by atomic mass is 9.99. The number of nitrogens with zero attached hydrogens (tertiary/aromatic N) is 2. The van der Waals surface area contributed by atoms with Crippen molar-refractivity contribution < 1.29 is 4.74 Å². The van der Waals surface area contributed by atoms with Crippen molar-refractivity contribution in [1.29, 1.82) is 0 Å². The molecule has 2 fully saturated rings. The molecular weight excluding hydrogens is 306 g/mol. The van der Waals surface area contributed by atoms with Crippen LogP contribution in [0.3, 0.4) is 0 Å². The van der Waals surface area contributed by atoms with E-state index in [0.717, 1.165) is 50.2 Å². The molecule has 0 bridgehead atoms. The highest BCUT2D eigenvalue weighted by Gasteiger charge is 2.25. The number of anilines is 1. The molecule has 1 N–H and O–H groups in total. The summed E-state index contributed by atoms with van der Waals surface area (Å²) in [5.41, 5.74) is 1.08. The Labute approximate surface area is 144 Å². The zero-order valence-electron chi connectivity index (χ0n) is 13.7. The van der Waals surface area contributed by atoms with Crippen molar-refractivity contribution >= 4 is 23.0 Å². The van der Waals surface area contributed by atoms with E-state index in [1.54, 1.807) is 0 Å². The number of ether oxygens (including phenoxy) is 1. The second-order valence-electron chi connectivity index (χ2n) is 6.38. The molecule has 0 unspecified atom stereocenters. The molecule has 0 radical (unpaired) electrons. The van der Waals surface area contributed by atoms with Crippen molar-refractivity contribution in [3.63, 3.8) is 0 Å². The molecule has 23 heavy (non-hydrogen) atoms. The van der Waals surface area contributed by atoms with Gasteiger partial charge in [-0.3, -0.25) is 4.90 Å². The van der Waals surface area contributed by atoms with Gasteiger partial charge in [-0.2, -0.15) is 0 Å². The lowest BCUT2D eigenvalue weighted by molar-refractivity contribution is 0.0338. The normalized spacial score (nSPS) is 22.8. The zero-order valence-corrected chi connectivity index (χ0v) is 14.6. The van der Waals surface area contributed by atoms with Crippen molar-refractivity contribution in [2.45, 2.75) is 31.7 Å². The SMILES string of the molecule is S=C(Nc1ccccc1)N1CCCC[C@H]1CCN1CCOCC1. The van der Waals surface area contributed by atoms with E-state index in [1.807, 2.05) is 18.2 Å². The van der Waals surface area contributed by atoms with Gasteiger partial charge in [0.1, 0.15) is 0 Å². The van der Waals surface area contributed by atoms with Gasteiger partial charge in [0, 0.05) is 37.9 Å². The predicted octanol–water partition coefficient (Wildman–Crippen LogP) is 2.96. The maximum absolute atomic E-state index is 5.68. The minimum absolute atomic E-state index is 0.565. The summed E-state index contributed by atoms with van der Waals surface area (Å²) >= 11 is 5.68. The molecule has 4 nitrogen and oxygen atoms in total. The Balaban J connectivity index is 1.53. The number of hydrogen-bond acceptors (Lipinski definition) is 3. The third-order valence-corrected chi connectivity index (χ3v) is 5.13. The van der Waals surface area contributed by atoms with E-state index in [9.17, 15) is 0 Å². The van der Waals surface area contributed by atoms with Gasteiger partial charge in [0.05, 0.1) is 13.2 Å². The van der Waals surface area contributed by atoms with Crippen LogP contribution in [0.4, 0.5) is 5.69 Å². The smallest absolute Gasteiger partial charge is 0.173 e. The first kappa shape index (κ1) is 16.7. The highest BCUT2D eigenvalue weighted by Crippen LogP contribution is 2.21. The molecule has 0 amide bonds. The lowest BCUT2D eigenvalue weighted by Crippen LogP contribution is -2.47. The summed E-state index contributed by atoms with van der Waals surface area (Å²) in [5, 5.41) is 4.28. The first-order valence-corrected chi connectivity index (χ1v) is 9.16. The van der Waals surface area contributed by atoms with Gasteiger partial charge in [-0.05, 0) is 50.0 Å². The molecule has 1 aromatic carbocycles. The Morgan fingerprint density at radius 1 is 1.13 bits per heavy atom. The largest absolute Gasteiger partial charge is 0.379 e. The molecule has 0 spiro atoms. The first-order valence-electron chi connectivity index (χ1n) is 8.76. The van der Waals surface area contributed by atoms with Crippen molar-refractivity contribution in [2.24, 2.45) is 0 Å². The maximum atomic E-state index is 5.68. The molecule has 1 aromatic rings. The van der Waals surface area contributed by atoms with Crippen molar-refractivity contribution in [3.8, 4) is 0 Å². The van der Waals surface area contributed by atoms with Gasteiger partial charge in [-0.1, -0.05) is 18.2 Å². The molecule has 0 aliphatic carbocycles. The molecule has 0 saturated carbocycles. The molecule has 2 aliphatic rings. The number of para-hydroxylation sites is 1. The van der Waals surface area contributed by atoms with Crippen molar-refractivity contribution in [1.82, 2.24) is 9.80 Å². The van der Waals surface area contributed by atoms with E-state index in [1.165, 1.54) is 25.7 Å². The van der Waals surface area contributed by atoms with E-state index >= 15 is 0 Å². The fourth-order valence-electron chi connectivity index (χ4n) is 3.44. The Kier molecular flexibility index (Phi) is 6.25. The summed E-state index contributed by atoms with van der Waals surface area (Å²) in [6.07, 6.45) is 5.00. The molecule has 2 aliphatic heterocycles. The highest BCUT2D eigenvalue weighted by molar-refractivity contribution is 7.80. The van der Waals surface area contributed by atoms with Crippen LogP contribution in [-0.4, -0.2) is 60.3 Å². The van der Waals surface area contributed by atoms with Crippen LogP contribution in [0.25, 0.3) is 0 Å².